The van der Waals surface area contributed by atoms with E-state index >= 15 is 0 Å². The van der Waals surface area contributed by atoms with Crippen LogP contribution < -0.4 is 19.5 Å². The number of ether oxygens (including phenoxy) is 3. The topological polar surface area (TPSA) is 73.9 Å². The molecule has 122 valence electrons. The fourth-order valence-corrected chi connectivity index (χ4v) is 2.23. The molecule has 0 saturated heterocycles. The van der Waals surface area contributed by atoms with Gasteiger partial charge in [0.25, 0.3) is 0 Å². The Morgan fingerprint density at radius 3 is 2.27 bits per heavy atom. The molecule has 1 rings (SSSR count). The number of hydrogen-bond donors (Lipinski definition) is 1. The van der Waals surface area contributed by atoms with E-state index in [9.17, 15) is 9.59 Å². The molecule has 1 amide bonds. The minimum Gasteiger partial charge on any atom is -0.496 e. The molecule has 0 saturated carbocycles. The second-order valence-electron chi connectivity index (χ2n) is 4.76. The first-order valence-electron chi connectivity index (χ1n) is 7.14. The molecule has 0 radical (unpaired) electrons. The Kier molecular flexibility index (Phi) is 6.69. The van der Waals surface area contributed by atoms with Crippen LogP contribution in [0.25, 0.3) is 0 Å². The van der Waals surface area contributed by atoms with Crippen molar-refractivity contribution in [1.82, 2.24) is 5.32 Å². The maximum atomic E-state index is 11.4. The summed E-state index contributed by atoms with van der Waals surface area (Å²) < 4.78 is 16.2. The highest BCUT2D eigenvalue weighted by Gasteiger charge is 2.21. The summed E-state index contributed by atoms with van der Waals surface area (Å²) in [5.74, 6) is 0.937. The molecule has 0 heterocycles. The average Bonchev–Trinajstić information content (AvgIpc) is 2.46. The summed E-state index contributed by atoms with van der Waals surface area (Å²) in [4.78, 5) is 22.4. The molecule has 6 heteroatoms. The third-order valence-electron chi connectivity index (χ3n) is 3.17. The standard InChI is InChI=1S/C16H23NO5/c1-6-12-9-14(20-4)13(7-8-17-10(2)18)16(15(12)21-5)22-11(3)19/h9H,6-8H2,1-5H3,(H,17,18). The molecular formula is C16H23NO5. The van der Waals surface area contributed by atoms with Gasteiger partial charge in [-0.1, -0.05) is 6.92 Å². The first-order chi connectivity index (χ1) is 10.4. The number of carbonyl (C=O) groups is 2. The van der Waals surface area contributed by atoms with Crippen LogP contribution in [0, 0.1) is 0 Å². The molecule has 0 unspecified atom stereocenters. The zero-order valence-corrected chi connectivity index (χ0v) is 13.7. The quantitative estimate of drug-likeness (QED) is 0.615. The molecule has 0 fully saturated rings. The lowest BCUT2D eigenvalue weighted by molar-refractivity contribution is -0.132. The summed E-state index contributed by atoms with van der Waals surface area (Å²) in [6, 6.07) is 1.87. The Labute approximate surface area is 130 Å². The van der Waals surface area contributed by atoms with Crippen LogP contribution in [-0.4, -0.2) is 32.6 Å². The van der Waals surface area contributed by atoms with Gasteiger partial charge in [-0.15, -0.1) is 0 Å². The monoisotopic (exact) mass is 309 g/mol. The molecule has 0 aromatic heterocycles. The van der Waals surface area contributed by atoms with Crippen LogP contribution in [-0.2, 0) is 22.4 Å². The minimum absolute atomic E-state index is 0.120. The first kappa shape index (κ1) is 17.8. The van der Waals surface area contributed by atoms with Crippen LogP contribution in [0.2, 0.25) is 0 Å². The molecule has 1 N–H and O–H groups in total. The van der Waals surface area contributed by atoms with Crippen LogP contribution >= 0.6 is 0 Å². The third kappa shape index (κ3) is 4.38. The van der Waals surface area contributed by atoms with Crippen LogP contribution in [0.3, 0.4) is 0 Å². The predicted molar refractivity (Wildman–Crippen MR) is 82.6 cm³/mol. The summed E-state index contributed by atoms with van der Waals surface area (Å²) in [6.07, 6.45) is 1.17. The van der Waals surface area contributed by atoms with Crippen molar-refractivity contribution >= 4 is 11.9 Å². The van der Waals surface area contributed by atoms with Gasteiger partial charge in [-0.25, -0.2) is 0 Å². The van der Waals surface area contributed by atoms with E-state index in [1.54, 1.807) is 7.11 Å². The number of rotatable bonds is 7. The lowest BCUT2D eigenvalue weighted by Gasteiger charge is -2.19. The fourth-order valence-electron chi connectivity index (χ4n) is 2.23. The van der Waals surface area contributed by atoms with E-state index in [0.717, 1.165) is 5.56 Å². The van der Waals surface area contributed by atoms with E-state index in [0.29, 0.717) is 42.2 Å². The number of benzene rings is 1. The fraction of sp³-hybridized carbons (Fsp3) is 0.500. The van der Waals surface area contributed by atoms with Crippen molar-refractivity contribution in [3.8, 4) is 17.2 Å². The van der Waals surface area contributed by atoms with E-state index in [2.05, 4.69) is 5.32 Å². The molecule has 0 aliphatic rings. The number of methoxy groups -OCH3 is 2. The van der Waals surface area contributed by atoms with Gasteiger partial charge in [-0.3, -0.25) is 9.59 Å². The zero-order chi connectivity index (χ0) is 16.7. The molecule has 0 atom stereocenters. The molecule has 22 heavy (non-hydrogen) atoms. The number of aryl methyl sites for hydroxylation is 1. The van der Waals surface area contributed by atoms with Crippen molar-refractivity contribution < 1.29 is 23.8 Å². The molecule has 0 aliphatic carbocycles. The highest BCUT2D eigenvalue weighted by Crippen LogP contribution is 2.41. The van der Waals surface area contributed by atoms with Crippen molar-refractivity contribution in [3.63, 3.8) is 0 Å². The smallest absolute Gasteiger partial charge is 0.308 e. The van der Waals surface area contributed by atoms with Crippen LogP contribution in [0.5, 0.6) is 17.2 Å². The Hall–Kier alpha value is -2.24. The van der Waals surface area contributed by atoms with Crippen molar-refractivity contribution in [2.24, 2.45) is 0 Å². The lowest BCUT2D eigenvalue weighted by atomic mass is 10.0. The Morgan fingerprint density at radius 1 is 1.14 bits per heavy atom. The maximum Gasteiger partial charge on any atom is 0.308 e. The summed E-state index contributed by atoms with van der Waals surface area (Å²) in [5, 5.41) is 2.72. The largest absolute Gasteiger partial charge is 0.496 e. The summed E-state index contributed by atoms with van der Waals surface area (Å²) >= 11 is 0. The minimum atomic E-state index is -0.436. The molecule has 0 bridgehead atoms. The van der Waals surface area contributed by atoms with Crippen LogP contribution in [0.4, 0.5) is 0 Å². The second kappa shape index (κ2) is 8.26. The van der Waals surface area contributed by atoms with Crippen LogP contribution in [0.1, 0.15) is 31.9 Å². The molecule has 0 spiro atoms. The summed E-state index contributed by atoms with van der Waals surface area (Å²) in [6.45, 7) is 5.17. The van der Waals surface area contributed by atoms with Gasteiger partial charge in [0.2, 0.25) is 5.91 Å². The number of hydrogen-bond acceptors (Lipinski definition) is 5. The molecule has 1 aromatic carbocycles. The van der Waals surface area contributed by atoms with Crippen LogP contribution in [0.15, 0.2) is 6.07 Å². The first-order valence-corrected chi connectivity index (χ1v) is 7.14. The zero-order valence-electron chi connectivity index (χ0n) is 13.7. The van der Waals surface area contributed by atoms with Gasteiger partial charge < -0.3 is 19.5 Å². The van der Waals surface area contributed by atoms with E-state index in [-0.39, 0.29) is 5.91 Å². The number of amides is 1. The van der Waals surface area contributed by atoms with Gasteiger partial charge in [0, 0.05) is 31.5 Å². The highest BCUT2D eigenvalue weighted by molar-refractivity contribution is 5.74. The molecule has 1 aromatic rings. The molecular weight excluding hydrogens is 286 g/mol. The number of carbonyl (C=O) groups excluding carboxylic acids is 2. The van der Waals surface area contributed by atoms with Gasteiger partial charge in [0.15, 0.2) is 11.5 Å². The normalized spacial score (nSPS) is 10.0. The average molecular weight is 309 g/mol. The second-order valence-corrected chi connectivity index (χ2v) is 4.76. The highest BCUT2D eigenvalue weighted by atomic mass is 16.6. The van der Waals surface area contributed by atoms with Gasteiger partial charge in [-0.05, 0) is 18.9 Å². The molecule has 6 nitrogen and oxygen atoms in total. The Balaban J connectivity index is 3.34. The third-order valence-corrected chi connectivity index (χ3v) is 3.17. The van der Waals surface area contributed by atoms with E-state index in [1.165, 1.54) is 21.0 Å². The SMILES string of the molecule is CCc1cc(OC)c(CCNC(C)=O)c(OC(C)=O)c1OC. The van der Waals surface area contributed by atoms with Gasteiger partial charge in [0.05, 0.1) is 14.2 Å². The van der Waals surface area contributed by atoms with Crippen molar-refractivity contribution in [2.45, 2.75) is 33.6 Å². The van der Waals surface area contributed by atoms with Gasteiger partial charge >= 0.3 is 5.97 Å². The van der Waals surface area contributed by atoms with E-state index < -0.39 is 5.97 Å². The number of nitrogens with one attached hydrogen (secondary N) is 1. The van der Waals surface area contributed by atoms with Crippen molar-refractivity contribution in [2.75, 3.05) is 20.8 Å². The van der Waals surface area contributed by atoms with Crippen molar-refractivity contribution in [3.05, 3.63) is 17.2 Å². The maximum absolute atomic E-state index is 11.4. The van der Waals surface area contributed by atoms with Gasteiger partial charge in [-0.2, -0.15) is 0 Å². The van der Waals surface area contributed by atoms with Crippen molar-refractivity contribution in [1.29, 1.82) is 0 Å². The lowest BCUT2D eigenvalue weighted by Crippen LogP contribution is -2.23. The summed E-state index contributed by atoms with van der Waals surface area (Å²) in [7, 11) is 3.09. The Morgan fingerprint density at radius 2 is 1.82 bits per heavy atom. The van der Waals surface area contributed by atoms with E-state index in [4.69, 9.17) is 14.2 Å². The summed E-state index contributed by atoms with van der Waals surface area (Å²) in [5.41, 5.74) is 1.58. The Bertz CT molecular complexity index is 554. The number of esters is 1. The van der Waals surface area contributed by atoms with E-state index in [1.807, 2.05) is 13.0 Å². The molecule has 0 aliphatic heterocycles. The predicted octanol–water partition coefficient (Wildman–Crippen LogP) is 1.87. The van der Waals surface area contributed by atoms with Gasteiger partial charge in [0.1, 0.15) is 5.75 Å².